The standard InChI is InChI=1S/C11H11Cl2N3O2/c12-7-2-1-3-8(13)10(7)16-11(18)15-6-4-9(17)14-5-6/h1-3,6H,4-5H2,(H,14,17)(H2,15,16,18). The minimum Gasteiger partial charge on any atom is -0.354 e. The highest BCUT2D eigenvalue weighted by Crippen LogP contribution is 2.29. The number of halogens is 2. The van der Waals surface area contributed by atoms with Crippen molar-refractivity contribution in [3.05, 3.63) is 28.2 Å². The maximum atomic E-state index is 11.7. The Labute approximate surface area is 114 Å². The van der Waals surface area contributed by atoms with Gasteiger partial charge in [0, 0.05) is 13.0 Å². The molecule has 1 aliphatic heterocycles. The van der Waals surface area contributed by atoms with E-state index in [-0.39, 0.29) is 18.4 Å². The third-order valence-corrected chi connectivity index (χ3v) is 3.14. The minimum atomic E-state index is -0.438. The van der Waals surface area contributed by atoms with Crippen LogP contribution in [0.25, 0.3) is 0 Å². The fourth-order valence-electron chi connectivity index (χ4n) is 1.66. The van der Waals surface area contributed by atoms with Gasteiger partial charge in [0.1, 0.15) is 0 Å². The number of rotatable bonds is 2. The summed E-state index contributed by atoms with van der Waals surface area (Å²) in [5.74, 6) is -0.0731. The van der Waals surface area contributed by atoms with E-state index >= 15 is 0 Å². The van der Waals surface area contributed by atoms with Gasteiger partial charge in [-0.2, -0.15) is 0 Å². The summed E-state index contributed by atoms with van der Waals surface area (Å²) in [6.45, 7) is 0.433. The average Bonchev–Trinajstić information content (AvgIpc) is 2.69. The van der Waals surface area contributed by atoms with Crippen molar-refractivity contribution in [1.29, 1.82) is 0 Å². The van der Waals surface area contributed by atoms with Gasteiger partial charge < -0.3 is 16.0 Å². The molecule has 0 aromatic heterocycles. The molecule has 1 aromatic carbocycles. The van der Waals surface area contributed by atoms with Gasteiger partial charge in [-0.3, -0.25) is 4.79 Å². The van der Waals surface area contributed by atoms with Crippen LogP contribution in [0.15, 0.2) is 18.2 Å². The highest BCUT2D eigenvalue weighted by molar-refractivity contribution is 6.39. The lowest BCUT2D eigenvalue weighted by molar-refractivity contribution is -0.119. The Kier molecular flexibility index (Phi) is 3.93. The van der Waals surface area contributed by atoms with Gasteiger partial charge in [0.05, 0.1) is 21.8 Å². The summed E-state index contributed by atoms with van der Waals surface area (Å²) in [6, 6.07) is 4.30. The summed E-state index contributed by atoms with van der Waals surface area (Å²) < 4.78 is 0. The first-order chi connectivity index (χ1) is 8.56. The van der Waals surface area contributed by atoms with Crippen LogP contribution >= 0.6 is 23.2 Å². The van der Waals surface area contributed by atoms with Gasteiger partial charge >= 0.3 is 6.03 Å². The zero-order valence-electron chi connectivity index (χ0n) is 9.30. The maximum Gasteiger partial charge on any atom is 0.319 e. The van der Waals surface area contributed by atoms with Crippen LogP contribution in [0.5, 0.6) is 0 Å². The molecule has 18 heavy (non-hydrogen) atoms. The molecule has 3 amide bonds. The van der Waals surface area contributed by atoms with Crippen molar-refractivity contribution in [1.82, 2.24) is 10.6 Å². The summed E-state index contributed by atoms with van der Waals surface area (Å²) in [5, 5.41) is 8.58. The second kappa shape index (κ2) is 5.46. The number of para-hydroxylation sites is 1. The van der Waals surface area contributed by atoms with E-state index in [1.54, 1.807) is 18.2 Å². The number of hydrogen-bond donors (Lipinski definition) is 3. The van der Waals surface area contributed by atoms with E-state index in [9.17, 15) is 9.59 Å². The Bertz CT molecular complexity index is 473. The van der Waals surface area contributed by atoms with Crippen molar-refractivity contribution in [3.8, 4) is 0 Å². The zero-order valence-corrected chi connectivity index (χ0v) is 10.8. The number of carbonyl (C=O) groups is 2. The quantitative estimate of drug-likeness (QED) is 0.779. The first-order valence-electron chi connectivity index (χ1n) is 5.34. The first kappa shape index (κ1) is 13.0. The second-order valence-electron chi connectivity index (χ2n) is 3.90. The molecule has 1 saturated heterocycles. The van der Waals surface area contributed by atoms with Gasteiger partial charge in [-0.1, -0.05) is 29.3 Å². The lowest BCUT2D eigenvalue weighted by atomic mass is 10.2. The van der Waals surface area contributed by atoms with Gasteiger partial charge in [-0.25, -0.2) is 4.79 Å². The van der Waals surface area contributed by atoms with E-state index in [1.165, 1.54) is 0 Å². The lowest BCUT2D eigenvalue weighted by Crippen LogP contribution is -2.39. The van der Waals surface area contributed by atoms with E-state index in [0.29, 0.717) is 22.3 Å². The third kappa shape index (κ3) is 3.05. The van der Waals surface area contributed by atoms with Gasteiger partial charge in [-0.15, -0.1) is 0 Å². The molecule has 1 atom stereocenters. The van der Waals surface area contributed by atoms with E-state index < -0.39 is 6.03 Å². The number of anilines is 1. The Balaban J connectivity index is 1.97. The smallest absolute Gasteiger partial charge is 0.319 e. The van der Waals surface area contributed by atoms with Crippen molar-refractivity contribution in [2.24, 2.45) is 0 Å². The average molecular weight is 288 g/mol. The van der Waals surface area contributed by atoms with Crippen LogP contribution in [0.2, 0.25) is 10.0 Å². The maximum absolute atomic E-state index is 11.7. The van der Waals surface area contributed by atoms with Crippen LogP contribution in [-0.4, -0.2) is 24.5 Å². The van der Waals surface area contributed by atoms with Crippen molar-refractivity contribution in [3.63, 3.8) is 0 Å². The Hall–Kier alpha value is -1.46. The molecule has 96 valence electrons. The molecule has 0 bridgehead atoms. The number of nitrogens with one attached hydrogen (secondary N) is 3. The molecular weight excluding hydrogens is 277 g/mol. The van der Waals surface area contributed by atoms with Gasteiger partial charge in [-0.05, 0) is 12.1 Å². The monoisotopic (exact) mass is 287 g/mol. The lowest BCUT2D eigenvalue weighted by Gasteiger charge is -2.13. The molecule has 0 aliphatic carbocycles. The predicted molar refractivity (Wildman–Crippen MR) is 70.0 cm³/mol. The first-order valence-corrected chi connectivity index (χ1v) is 6.10. The highest BCUT2D eigenvalue weighted by Gasteiger charge is 2.23. The molecule has 3 N–H and O–H groups in total. The molecule has 2 rings (SSSR count). The molecule has 1 unspecified atom stereocenters. The summed E-state index contributed by atoms with van der Waals surface area (Å²) in [7, 11) is 0. The Morgan fingerprint density at radius 1 is 1.33 bits per heavy atom. The largest absolute Gasteiger partial charge is 0.354 e. The van der Waals surface area contributed by atoms with Crippen molar-refractivity contribution in [2.45, 2.75) is 12.5 Å². The van der Waals surface area contributed by atoms with E-state index in [2.05, 4.69) is 16.0 Å². The minimum absolute atomic E-state index is 0.0731. The van der Waals surface area contributed by atoms with E-state index in [1.807, 2.05) is 0 Å². The van der Waals surface area contributed by atoms with Crippen molar-refractivity contribution < 1.29 is 9.59 Å². The van der Waals surface area contributed by atoms with Crippen LogP contribution in [0.4, 0.5) is 10.5 Å². The number of hydrogen-bond acceptors (Lipinski definition) is 2. The van der Waals surface area contributed by atoms with Crippen LogP contribution in [0, 0.1) is 0 Å². The third-order valence-electron chi connectivity index (χ3n) is 2.51. The van der Waals surface area contributed by atoms with Gasteiger partial charge in [0.15, 0.2) is 0 Å². The molecular formula is C11H11Cl2N3O2. The van der Waals surface area contributed by atoms with Crippen molar-refractivity contribution >= 4 is 40.8 Å². The molecule has 0 saturated carbocycles. The summed E-state index contributed by atoms with van der Waals surface area (Å²) in [4.78, 5) is 22.7. The fourth-order valence-corrected chi connectivity index (χ4v) is 2.15. The zero-order chi connectivity index (χ0) is 13.1. The van der Waals surface area contributed by atoms with Crippen LogP contribution in [0.3, 0.4) is 0 Å². The normalized spacial score (nSPS) is 18.3. The summed E-state index contributed by atoms with van der Waals surface area (Å²) in [5.41, 5.74) is 0.357. The number of amides is 3. The van der Waals surface area contributed by atoms with Crippen molar-refractivity contribution in [2.75, 3.05) is 11.9 Å². The highest BCUT2D eigenvalue weighted by atomic mass is 35.5. The fraction of sp³-hybridized carbons (Fsp3) is 0.273. The SMILES string of the molecule is O=C1CC(NC(=O)Nc2c(Cl)cccc2Cl)CN1. The van der Waals surface area contributed by atoms with Crippen LogP contribution in [0.1, 0.15) is 6.42 Å². The molecule has 1 fully saturated rings. The molecule has 0 radical (unpaired) electrons. The van der Waals surface area contributed by atoms with Gasteiger partial charge in [0.2, 0.25) is 5.91 Å². The molecule has 5 nitrogen and oxygen atoms in total. The summed E-state index contributed by atoms with van der Waals surface area (Å²) in [6.07, 6.45) is 0.281. The number of carbonyl (C=O) groups excluding carboxylic acids is 2. The molecule has 7 heteroatoms. The Morgan fingerprint density at radius 3 is 2.56 bits per heavy atom. The molecule has 1 heterocycles. The number of urea groups is 1. The van der Waals surface area contributed by atoms with Crippen LogP contribution in [-0.2, 0) is 4.79 Å². The van der Waals surface area contributed by atoms with Crippen LogP contribution < -0.4 is 16.0 Å². The van der Waals surface area contributed by atoms with E-state index in [4.69, 9.17) is 23.2 Å². The molecule has 1 aliphatic rings. The predicted octanol–water partition coefficient (Wildman–Crippen LogP) is 2.00. The second-order valence-corrected chi connectivity index (χ2v) is 4.71. The summed E-state index contributed by atoms with van der Waals surface area (Å²) >= 11 is 11.8. The topological polar surface area (TPSA) is 70.2 Å². The molecule has 0 spiro atoms. The van der Waals surface area contributed by atoms with Gasteiger partial charge in [0.25, 0.3) is 0 Å². The van der Waals surface area contributed by atoms with E-state index in [0.717, 1.165) is 0 Å². The Morgan fingerprint density at radius 2 is 2.00 bits per heavy atom. The molecule has 1 aromatic rings. The number of benzene rings is 1.